The third-order valence-electron chi connectivity index (χ3n) is 3.05. The van der Waals surface area contributed by atoms with E-state index in [0.29, 0.717) is 5.66 Å². The lowest BCUT2D eigenvalue weighted by atomic mass is 9.97. The molecule has 0 fully saturated rings. The molecule has 2 unspecified atom stereocenters. The molecule has 3 rings (SSSR count). The maximum Gasteiger partial charge on any atom is 0.0172 e. The lowest BCUT2D eigenvalue weighted by molar-refractivity contribution is 1.47. The van der Waals surface area contributed by atoms with Crippen molar-refractivity contribution in [3.8, 4) is 0 Å². The molecule has 0 aliphatic heterocycles. The maximum atomic E-state index is 2.88. The van der Waals surface area contributed by atoms with Crippen molar-refractivity contribution in [2.75, 3.05) is 0 Å². The van der Waals surface area contributed by atoms with Gasteiger partial charge in [-0.05, 0) is 21.9 Å². The van der Waals surface area contributed by atoms with Gasteiger partial charge in [-0.25, -0.2) is 0 Å². The fourth-order valence-electron chi connectivity index (χ4n) is 2.24. The highest BCUT2D eigenvalue weighted by Gasteiger charge is 2.13. The molecule has 0 heterocycles. The zero-order valence-electron chi connectivity index (χ0n) is 8.93. The zero-order chi connectivity index (χ0) is 11.0. The van der Waals surface area contributed by atoms with Crippen LogP contribution in [-0.2, 0) is 0 Å². The highest BCUT2D eigenvalue weighted by Crippen LogP contribution is 2.33. The van der Waals surface area contributed by atoms with Crippen LogP contribution in [0.3, 0.4) is 0 Å². The third-order valence-corrected chi connectivity index (χ3v) is 3.64. The second-order valence-electron chi connectivity index (χ2n) is 4.06. The summed E-state index contributed by atoms with van der Waals surface area (Å²) in [6.45, 7) is 0. The normalized spacial score (nSPS) is 19.1. The van der Waals surface area contributed by atoms with Crippen LogP contribution in [0.2, 0.25) is 0 Å². The number of allylic oxidation sites excluding steroid dienone is 4. The topological polar surface area (TPSA) is 0 Å². The molecule has 0 aromatic heterocycles. The molecular formula is C15H13P. The van der Waals surface area contributed by atoms with Gasteiger partial charge in [0.1, 0.15) is 0 Å². The lowest BCUT2D eigenvalue weighted by Crippen LogP contribution is -1.94. The summed E-state index contributed by atoms with van der Waals surface area (Å²) < 4.78 is 0. The molecule has 16 heavy (non-hydrogen) atoms. The van der Waals surface area contributed by atoms with E-state index in [-0.39, 0.29) is 0 Å². The lowest BCUT2D eigenvalue weighted by Gasteiger charge is -2.11. The quantitative estimate of drug-likeness (QED) is 0.641. The van der Waals surface area contributed by atoms with Crippen LogP contribution < -0.4 is 0 Å². The molecule has 2 atom stereocenters. The van der Waals surface area contributed by atoms with Crippen LogP contribution in [-0.4, -0.2) is 5.66 Å². The van der Waals surface area contributed by atoms with E-state index in [4.69, 9.17) is 0 Å². The fourth-order valence-corrected chi connectivity index (χ4v) is 2.66. The summed E-state index contributed by atoms with van der Waals surface area (Å²) >= 11 is 0. The Balaban J connectivity index is 2.25. The summed E-state index contributed by atoms with van der Waals surface area (Å²) in [5.41, 5.74) is 3.19. The monoisotopic (exact) mass is 224 g/mol. The number of fused-ring (bicyclic) bond motifs is 1. The molecule has 2 aromatic carbocycles. The molecule has 78 valence electrons. The van der Waals surface area contributed by atoms with Crippen molar-refractivity contribution >= 4 is 25.6 Å². The number of benzene rings is 2. The van der Waals surface area contributed by atoms with Crippen LogP contribution in [0.25, 0.3) is 16.3 Å². The predicted molar refractivity (Wildman–Crippen MR) is 74.6 cm³/mol. The van der Waals surface area contributed by atoms with E-state index in [1.807, 2.05) is 0 Å². The molecule has 0 N–H and O–H groups in total. The van der Waals surface area contributed by atoms with E-state index in [1.165, 1.54) is 21.9 Å². The first-order chi connectivity index (χ1) is 7.86. The Morgan fingerprint density at radius 3 is 2.56 bits per heavy atom. The first kappa shape index (κ1) is 9.81. The minimum atomic E-state index is 0.450. The Labute approximate surface area is 97.9 Å². The average Bonchev–Trinajstić information content (AvgIpc) is 2.75. The molecule has 0 nitrogen and oxygen atoms in total. The minimum absolute atomic E-state index is 0.450. The predicted octanol–water partition coefficient (Wildman–Crippen LogP) is 4.04. The van der Waals surface area contributed by atoms with E-state index in [2.05, 4.69) is 69.9 Å². The standard InChI is InChI=1S/C15H13P/c16-15-10-4-9-14(15)13-8-3-6-11-5-1-2-7-12(11)13/h1-10,15H,16H2. The highest BCUT2D eigenvalue weighted by molar-refractivity contribution is 7.19. The van der Waals surface area contributed by atoms with Crippen molar-refractivity contribution in [2.24, 2.45) is 0 Å². The Morgan fingerprint density at radius 1 is 0.938 bits per heavy atom. The van der Waals surface area contributed by atoms with Gasteiger partial charge >= 0.3 is 0 Å². The van der Waals surface area contributed by atoms with E-state index in [0.717, 1.165) is 0 Å². The van der Waals surface area contributed by atoms with Gasteiger partial charge in [0.05, 0.1) is 0 Å². The molecule has 0 saturated carbocycles. The summed E-state index contributed by atoms with van der Waals surface area (Å²) in [6, 6.07) is 15.1. The SMILES string of the molecule is PC1C=CC=C1c1cccc2ccccc12. The van der Waals surface area contributed by atoms with Gasteiger partial charge in [0.25, 0.3) is 0 Å². The third kappa shape index (κ3) is 1.50. The van der Waals surface area contributed by atoms with Crippen LogP contribution in [0.1, 0.15) is 5.56 Å². The fraction of sp³-hybridized carbons (Fsp3) is 0.0667. The molecule has 0 saturated heterocycles. The summed E-state index contributed by atoms with van der Waals surface area (Å²) in [5.74, 6) is 0. The van der Waals surface area contributed by atoms with Crippen LogP contribution >= 0.6 is 9.24 Å². The van der Waals surface area contributed by atoms with Gasteiger partial charge in [-0.2, -0.15) is 0 Å². The summed E-state index contributed by atoms with van der Waals surface area (Å²) in [4.78, 5) is 0. The van der Waals surface area contributed by atoms with E-state index in [1.54, 1.807) is 0 Å². The number of hydrogen-bond donors (Lipinski definition) is 0. The summed E-state index contributed by atoms with van der Waals surface area (Å²) in [5, 5.41) is 2.65. The largest absolute Gasteiger partial charge is 0.126 e. The maximum absolute atomic E-state index is 2.88. The van der Waals surface area contributed by atoms with Crippen molar-refractivity contribution in [1.29, 1.82) is 0 Å². The summed E-state index contributed by atoms with van der Waals surface area (Å²) in [7, 11) is 2.88. The first-order valence-corrected chi connectivity index (χ1v) is 6.15. The van der Waals surface area contributed by atoms with Crippen LogP contribution in [0.5, 0.6) is 0 Å². The molecule has 0 radical (unpaired) electrons. The molecular weight excluding hydrogens is 211 g/mol. The van der Waals surface area contributed by atoms with Gasteiger partial charge < -0.3 is 0 Å². The minimum Gasteiger partial charge on any atom is -0.126 e. The van der Waals surface area contributed by atoms with Gasteiger partial charge in [0, 0.05) is 5.66 Å². The van der Waals surface area contributed by atoms with Gasteiger partial charge in [-0.3, -0.25) is 0 Å². The van der Waals surface area contributed by atoms with E-state index in [9.17, 15) is 0 Å². The van der Waals surface area contributed by atoms with E-state index >= 15 is 0 Å². The van der Waals surface area contributed by atoms with Crippen molar-refractivity contribution in [3.05, 3.63) is 66.3 Å². The Morgan fingerprint density at radius 2 is 1.75 bits per heavy atom. The van der Waals surface area contributed by atoms with Crippen LogP contribution in [0, 0.1) is 0 Å². The molecule has 0 spiro atoms. The van der Waals surface area contributed by atoms with E-state index < -0.39 is 0 Å². The summed E-state index contributed by atoms with van der Waals surface area (Å²) in [6.07, 6.45) is 6.55. The van der Waals surface area contributed by atoms with Gasteiger partial charge in [0.15, 0.2) is 0 Å². The van der Waals surface area contributed by atoms with Crippen molar-refractivity contribution < 1.29 is 0 Å². The average molecular weight is 224 g/mol. The van der Waals surface area contributed by atoms with Crippen LogP contribution in [0.15, 0.2) is 60.7 Å². The number of hydrogen-bond acceptors (Lipinski definition) is 0. The highest BCUT2D eigenvalue weighted by atomic mass is 31.0. The van der Waals surface area contributed by atoms with Gasteiger partial charge in [-0.1, -0.05) is 60.7 Å². The smallest absolute Gasteiger partial charge is 0.0172 e. The first-order valence-electron chi connectivity index (χ1n) is 5.48. The molecule has 2 aromatic rings. The Hall–Kier alpha value is -1.39. The molecule has 1 heteroatoms. The Kier molecular flexibility index (Phi) is 2.38. The van der Waals surface area contributed by atoms with Gasteiger partial charge in [0.2, 0.25) is 0 Å². The number of rotatable bonds is 1. The molecule has 1 aliphatic rings. The molecule has 0 amide bonds. The second kappa shape index (κ2) is 3.88. The van der Waals surface area contributed by atoms with Gasteiger partial charge in [-0.15, -0.1) is 9.24 Å². The molecule has 1 aliphatic carbocycles. The van der Waals surface area contributed by atoms with Crippen molar-refractivity contribution in [1.82, 2.24) is 0 Å². The zero-order valence-corrected chi connectivity index (χ0v) is 10.1. The van der Waals surface area contributed by atoms with Crippen molar-refractivity contribution in [3.63, 3.8) is 0 Å². The molecule has 0 bridgehead atoms. The Bertz CT molecular complexity index is 588. The second-order valence-corrected chi connectivity index (χ2v) is 4.78. The van der Waals surface area contributed by atoms with Crippen molar-refractivity contribution in [2.45, 2.75) is 5.66 Å². The van der Waals surface area contributed by atoms with Crippen LogP contribution in [0.4, 0.5) is 0 Å².